The number of aromatic hydroxyl groups is 1. The number of nitrogens with one attached hydrogen (secondary N) is 1. The number of carbonyl (C=O) groups is 3. The van der Waals surface area contributed by atoms with Gasteiger partial charge in [-0.3, -0.25) is 14.4 Å². The molecule has 6 atom stereocenters. The number of allylic oxidation sites excluding steroid dienone is 1. The van der Waals surface area contributed by atoms with Crippen LogP contribution in [0.5, 0.6) is 5.75 Å². The number of aliphatic hydroxyl groups is 3. The Labute approximate surface area is 234 Å². The van der Waals surface area contributed by atoms with E-state index in [1.807, 2.05) is 25.1 Å². The van der Waals surface area contributed by atoms with Crippen molar-refractivity contribution in [2.24, 2.45) is 29.4 Å². The molecule has 3 aliphatic carbocycles. The van der Waals surface area contributed by atoms with Crippen LogP contribution in [0.3, 0.4) is 0 Å². The number of primary amides is 1. The molecular weight excluding hydrogens is 516 g/mol. The second kappa shape index (κ2) is 10.8. The lowest BCUT2D eigenvalue weighted by Gasteiger charge is -2.53. The van der Waals surface area contributed by atoms with Gasteiger partial charge in [0.05, 0.1) is 11.7 Å². The lowest BCUT2D eigenvalue weighted by atomic mass is 9.56. The van der Waals surface area contributed by atoms with Gasteiger partial charge in [0, 0.05) is 49.4 Å². The zero-order valence-corrected chi connectivity index (χ0v) is 24.1. The first-order valence-electron chi connectivity index (χ1n) is 13.8. The molecule has 0 radical (unpaired) electrons. The van der Waals surface area contributed by atoms with Crippen LogP contribution >= 0.6 is 0 Å². The third kappa shape index (κ3) is 4.58. The van der Waals surface area contributed by atoms with Gasteiger partial charge in [-0.05, 0) is 63.4 Å². The summed E-state index contributed by atoms with van der Waals surface area (Å²) in [6, 6.07) is 0.951. The fourth-order valence-electron chi connectivity index (χ4n) is 6.86. The maximum atomic E-state index is 14.1. The number of hydrogen-bond acceptors (Lipinski definition) is 10. The molecule has 220 valence electrons. The van der Waals surface area contributed by atoms with E-state index in [0.717, 1.165) is 18.7 Å². The molecule has 4 rings (SSSR count). The number of Topliss-reactive ketones (excluding diaryl/α,β-unsaturated/α-hetero) is 2. The molecule has 0 aliphatic heterocycles. The van der Waals surface area contributed by atoms with Crippen LogP contribution in [0.4, 0.5) is 5.69 Å². The van der Waals surface area contributed by atoms with Gasteiger partial charge in [-0.15, -0.1) is 0 Å². The molecule has 40 heavy (non-hydrogen) atoms. The fraction of sp³-hybridized carbons (Fsp3) is 0.621. The normalized spacial score (nSPS) is 29.9. The summed E-state index contributed by atoms with van der Waals surface area (Å²) in [7, 11) is 6.97. The van der Waals surface area contributed by atoms with Crippen molar-refractivity contribution in [1.29, 1.82) is 0 Å². The van der Waals surface area contributed by atoms with Crippen LogP contribution in [-0.2, 0) is 22.6 Å². The van der Waals surface area contributed by atoms with Gasteiger partial charge in [0.15, 0.2) is 17.2 Å². The van der Waals surface area contributed by atoms with Crippen LogP contribution in [0, 0.1) is 23.7 Å². The predicted molar refractivity (Wildman–Crippen MR) is 149 cm³/mol. The highest BCUT2D eigenvalue weighted by atomic mass is 16.3. The van der Waals surface area contributed by atoms with Crippen LogP contribution in [0.25, 0.3) is 0 Å². The summed E-state index contributed by atoms with van der Waals surface area (Å²) < 4.78 is 0. The Kier molecular flexibility index (Phi) is 8.07. The standard InChI is InChI=1S/C29H42N4O7/c1-13(2)7-8-31-12-15-11-18(32(3)4)16-9-14-10-17-22(33(5)6)25(36)21(28(30)39)27(38)29(17,40)26(37)19(14)24(35)20(16)23(15)34/h11,13-14,17,21-22,25,31,34,36-37,40H,7-10,12H2,1-6H3,(H2,30,39)/t14-,17-,21?,22-,25?,29-/m0/s1. The Morgan fingerprint density at radius 2 is 1.85 bits per heavy atom. The van der Waals surface area contributed by atoms with Gasteiger partial charge in [0.2, 0.25) is 5.91 Å². The average molecular weight is 559 g/mol. The number of aliphatic hydroxyl groups excluding tert-OH is 2. The number of carbonyl (C=O) groups excluding carboxylic acids is 3. The second-order valence-corrected chi connectivity index (χ2v) is 12.3. The molecule has 1 aromatic carbocycles. The van der Waals surface area contributed by atoms with E-state index in [2.05, 4.69) is 19.2 Å². The van der Waals surface area contributed by atoms with Gasteiger partial charge in [-0.25, -0.2) is 0 Å². The van der Waals surface area contributed by atoms with Gasteiger partial charge in [-0.2, -0.15) is 0 Å². The molecule has 0 saturated heterocycles. The predicted octanol–water partition coefficient (Wildman–Crippen LogP) is 0.487. The molecular formula is C29H42N4O7. The molecule has 1 amide bonds. The Morgan fingerprint density at radius 3 is 2.40 bits per heavy atom. The van der Waals surface area contributed by atoms with Gasteiger partial charge < -0.3 is 41.3 Å². The zero-order valence-electron chi connectivity index (χ0n) is 24.1. The molecule has 0 heterocycles. The number of anilines is 1. The topological polar surface area (TPSA) is 177 Å². The highest BCUT2D eigenvalue weighted by molar-refractivity contribution is 6.16. The lowest BCUT2D eigenvalue weighted by Crippen LogP contribution is -2.71. The highest BCUT2D eigenvalue weighted by Gasteiger charge is 2.66. The van der Waals surface area contributed by atoms with Crippen molar-refractivity contribution in [2.45, 2.75) is 57.4 Å². The van der Waals surface area contributed by atoms with Crippen LogP contribution < -0.4 is 16.0 Å². The zero-order chi connectivity index (χ0) is 29.8. The van der Waals surface area contributed by atoms with Gasteiger partial charge >= 0.3 is 0 Å². The van der Waals surface area contributed by atoms with E-state index in [0.29, 0.717) is 23.6 Å². The number of rotatable bonds is 8. The number of amides is 1. The largest absolute Gasteiger partial charge is 0.508 e. The summed E-state index contributed by atoms with van der Waals surface area (Å²) in [4.78, 5) is 43.2. The third-order valence-electron chi connectivity index (χ3n) is 8.84. The summed E-state index contributed by atoms with van der Waals surface area (Å²) in [5, 5.41) is 48.9. The molecule has 0 spiro atoms. The monoisotopic (exact) mass is 558 g/mol. The van der Waals surface area contributed by atoms with Crippen molar-refractivity contribution in [3.63, 3.8) is 0 Å². The molecule has 1 aromatic rings. The molecule has 2 unspecified atom stereocenters. The van der Waals surface area contributed by atoms with Crippen molar-refractivity contribution < 1.29 is 34.8 Å². The second-order valence-electron chi connectivity index (χ2n) is 12.3. The van der Waals surface area contributed by atoms with Crippen LogP contribution in [0.1, 0.15) is 48.2 Å². The summed E-state index contributed by atoms with van der Waals surface area (Å²) in [6.45, 7) is 5.28. The molecule has 11 nitrogen and oxygen atoms in total. The maximum Gasteiger partial charge on any atom is 0.230 e. The Morgan fingerprint density at radius 1 is 1.20 bits per heavy atom. The molecule has 7 N–H and O–H groups in total. The summed E-state index contributed by atoms with van der Waals surface area (Å²) in [5.74, 6) is -6.82. The van der Waals surface area contributed by atoms with Crippen molar-refractivity contribution >= 4 is 23.2 Å². The number of nitrogens with zero attached hydrogens (tertiary/aromatic N) is 2. The van der Waals surface area contributed by atoms with E-state index >= 15 is 0 Å². The number of fused-ring (bicyclic) bond motifs is 3. The van der Waals surface area contributed by atoms with E-state index < -0.39 is 58.7 Å². The van der Waals surface area contributed by atoms with Crippen LogP contribution in [0.15, 0.2) is 17.4 Å². The Hall–Kier alpha value is -2.99. The van der Waals surface area contributed by atoms with Crippen molar-refractivity contribution in [3.05, 3.63) is 34.1 Å². The van der Waals surface area contributed by atoms with E-state index in [9.17, 15) is 34.8 Å². The van der Waals surface area contributed by atoms with Crippen LogP contribution in [0.2, 0.25) is 0 Å². The molecule has 0 aromatic heterocycles. The minimum Gasteiger partial charge on any atom is -0.508 e. The number of benzene rings is 1. The number of ketones is 2. The quantitative estimate of drug-likeness (QED) is 0.194. The Bertz CT molecular complexity index is 1260. The van der Waals surface area contributed by atoms with Crippen molar-refractivity contribution in [2.75, 3.05) is 39.6 Å². The molecule has 1 saturated carbocycles. The first-order chi connectivity index (χ1) is 18.6. The first-order valence-corrected chi connectivity index (χ1v) is 13.8. The highest BCUT2D eigenvalue weighted by Crippen LogP contribution is 2.53. The smallest absolute Gasteiger partial charge is 0.230 e. The van der Waals surface area contributed by atoms with Crippen molar-refractivity contribution in [3.8, 4) is 5.75 Å². The first kappa shape index (κ1) is 30.0. The van der Waals surface area contributed by atoms with Crippen molar-refractivity contribution in [1.82, 2.24) is 10.2 Å². The Balaban J connectivity index is 1.86. The van der Waals surface area contributed by atoms with Gasteiger partial charge in [0.25, 0.3) is 0 Å². The number of hydrogen-bond donors (Lipinski definition) is 6. The maximum absolute atomic E-state index is 14.1. The number of phenols is 1. The van der Waals surface area contributed by atoms with Crippen LogP contribution in [-0.4, -0.2) is 95.3 Å². The summed E-state index contributed by atoms with van der Waals surface area (Å²) in [5.41, 5.74) is 4.62. The molecule has 3 aliphatic rings. The SMILES string of the molecule is CC(C)CCNCc1cc(N(C)C)c2c(c1O)C(=O)C1=C(O)[C@]3(O)C(=O)C(C(N)=O)C(O)[C@@H](N(C)C)[C@@H]3C[C@@H]1C2. The van der Waals surface area contributed by atoms with Gasteiger partial charge in [0.1, 0.15) is 17.4 Å². The minimum absolute atomic E-state index is 0.0330. The lowest BCUT2D eigenvalue weighted by molar-refractivity contribution is -0.178. The van der Waals surface area contributed by atoms with E-state index in [4.69, 9.17) is 5.73 Å². The average Bonchev–Trinajstić information content (AvgIpc) is 2.84. The summed E-state index contributed by atoms with van der Waals surface area (Å²) >= 11 is 0. The molecule has 11 heteroatoms. The van der Waals surface area contributed by atoms with E-state index in [1.54, 1.807) is 19.0 Å². The third-order valence-corrected chi connectivity index (χ3v) is 8.84. The van der Waals surface area contributed by atoms with E-state index in [-0.39, 0.29) is 29.7 Å². The minimum atomic E-state index is -2.59. The van der Waals surface area contributed by atoms with E-state index in [1.165, 1.54) is 0 Å². The molecule has 0 bridgehead atoms. The number of nitrogens with two attached hydrogens (primary N) is 1. The number of likely N-dealkylation sites (N-methyl/N-ethyl adjacent to an activating group) is 1. The summed E-state index contributed by atoms with van der Waals surface area (Å²) in [6.07, 6.45) is -0.210. The molecule has 1 fully saturated rings. The fourth-order valence-corrected chi connectivity index (χ4v) is 6.86. The van der Waals surface area contributed by atoms with Gasteiger partial charge in [-0.1, -0.05) is 13.8 Å². The number of phenolic OH excluding ortho intramolecular Hbond substituents is 1.